The van der Waals surface area contributed by atoms with Gasteiger partial charge in [-0.3, -0.25) is 9.69 Å². The second-order valence-electron chi connectivity index (χ2n) is 7.45. The zero-order valence-electron chi connectivity index (χ0n) is 14.9. The maximum absolute atomic E-state index is 12.8. The Bertz CT molecular complexity index is 553. The van der Waals surface area contributed by atoms with Gasteiger partial charge in [0.25, 0.3) is 5.91 Å². The van der Waals surface area contributed by atoms with Crippen molar-refractivity contribution in [2.45, 2.75) is 44.2 Å². The van der Waals surface area contributed by atoms with E-state index in [0.29, 0.717) is 12.6 Å². The van der Waals surface area contributed by atoms with Crippen LogP contribution in [0.1, 0.15) is 32.1 Å². The molecule has 0 aromatic carbocycles. The number of amides is 1. The van der Waals surface area contributed by atoms with Gasteiger partial charge in [0, 0.05) is 50.1 Å². The van der Waals surface area contributed by atoms with Crippen molar-refractivity contribution in [1.29, 1.82) is 0 Å². The van der Waals surface area contributed by atoms with E-state index in [0.717, 1.165) is 62.3 Å². The van der Waals surface area contributed by atoms with Crippen LogP contribution in [-0.2, 0) is 9.53 Å². The minimum Gasteiger partial charge on any atom is -0.475 e. The number of hydrogen-bond donors (Lipinski definition) is 1. The summed E-state index contributed by atoms with van der Waals surface area (Å²) in [6, 6.07) is 0.780. The molecule has 4 aliphatic rings. The number of carbonyl (C=O) groups is 1. The fourth-order valence-corrected chi connectivity index (χ4v) is 5.04. The quantitative estimate of drug-likeness (QED) is 0.827. The summed E-state index contributed by atoms with van der Waals surface area (Å²) in [5.41, 5.74) is 0.852. The van der Waals surface area contributed by atoms with E-state index in [1.807, 2.05) is 28.8 Å². The van der Waals surface area contributed by atoms with Crippen molar-refractivity contribution in [2.24, 2.45) is 0 Å². The average molecular weight is 364 g/mol. The lowest BCUT2D eigenvalue weighted by Crippen LogP contribution is -2.43. The molecule has 1 amide bonds. The Labute approximate surface area is 154 Å². The molecule has 25 heavy (non-hydrogen) atoms. The highest BCUT2D eigenvalue weighted by Crippen LogP contribution is 2.26. The molecule has 1 atom stereocenters. The van der Waals surface area contributed by atoms with Crippen LogP contribution in [0.4, 0.5) is 0 Å². The molecular formula is C19H29N3O2S. The molecule has 3 aliphatic heterocycles. The van der Waals surface area contributed by atoms with Gasteiger partial charge in [-0.25, -0.2) is 0 Å². The van der Waals surface area contributed by atoms with Crippen molar-refractivity contribution in [3.8, 4) is 0 Å². The first-order valence-electron chi connectivity index (χ1n) is 9.72. The lowest BCUT2D eigenvalue weighted by Gasteiger charge is -2.36. The Balaban J connectivity index is 1.31. The molecule has 1 unspecified atom stereocenters. The maximum Gasteiger partial charge on any atom is 0.251 e. The summed E-state index contributed by atoms with van der Waals surface area (Å²) in [6.45, 7) is 4.49. The molecule has 0 aromatic heterocycles. The predicted molar refractivity (Wildman–Crippen MR) is 101 cm³/mol. The highest BCUT2D eigenvalue weighted by atomic mass is 32.2. The second-order valence-corrected chi connectivity index (χ2v) is 8.60. The highest BCUT2D eigenvalue weighted by molar-refractivity contribution is 7.99. The summed E-state index contributed by atoms with van der Waals surface area (Å²) < 4.78 is 5.96. The Morgan fingerprint density at radius 2 is 2.04 bits per heavy atom. The van der Waals surface area contributed by atoms with Crippen molar-refractivity contribution in [3.63, 3.8) is 0 Å². The first-order valence-corrected chi connectivity index (χ1v) is 10.9. The first kappa shape index (κ1) is 17.3. The molecular weight excluding hydrogens is 334 g/mol. The molecule has 138 valence electrons. The van der Waals surface area contributed by atoms with E-state index in [1.165, 1.54) is 25.0 Å². The summed E-state index contributed by atoms with van der Waals surface area (Å²) in [5.74, 6) is 3.26. The van der Waals surface area contributed by atoms with Crippen molar-refractivity contribution in [2.75, 3.05) is 44.2 Å². The van der Waals surface area contributed by atoms with E-state index in [1.54, 1.807) is 0 Å². The van der Waals surface area contributed by atoms with Gasteiger partial charge in [0.05, 0.1) is 0 Å². The summed E-state index contributed by atoms with van der Waals surface area (Å²) in [4.78, 5) is 17.5. The van der Waals surface area contributed by atoms with Gasteiger partial charge >= 0.3 is 0 Å². The Morgan fingerprint density at radius 3 is 2.72 bits per heavy atom. The number of allylic oxidation sites excluding steroid dienone is 2. The van der Waals surface area contributed by atoms with Crippen LogP contribution in [0, 0.1) is 0 Å². The predicted octanol–water partition coefficient (Wildman–Crippen LogP) is 1.97. The lowest BCUT2D eigenvalue weighted by atomic mass is 9.91. The standard InChI is InChI=1S/C19H29N3O2S/c23-19(22-9-2-8-21(10-11-22)16-3-1-4-16)15-5-6-18(20-13-15)24-17-7-12-25-14-17/h5-6,16-17,20H,1-4,7-14H2. The molecule has 1 N–H and O–H groups in total. The van der Waals surface area contributed by atoms with Gasteiger partial charge in [0.2, 0.25) is 0 Å². The van der Waals surface area contributed by atoms with Crippen molar-refractivity contribution >= 4 is 17.7 Å². The van der Waals surface area contributed by atoms with E-state index >= 15 is 0 Å². The zero-order valence-corrected chi connectivity index (χ0v) is 15.7. The van der Waals surface area contributed by atoms with Crippen LogP contribution in [0.3, 0.4) is 0 Å². The van der Waals surface area contributed by atoms with Gasteiger partial charge in [-0.05, 0) is 43.6 Å². The van der Waals surface area contributed by atoms with Crippen molar-refractivity contribution in [1.82, 2.24) is 15.1 Å². The third-order valence-electron chi connectivity index (χ3n) is 5.75. The largest absolute Gasteiger partial charge is 0.475 e. The Hall–Kier alpha value is -1.14. The number of thioether (sulfide) groups is 1. The molecule has 1 aliphatic carbocycles. The Kier molecular flexibility index (Phi) is 5.56. The summed E-state index contributed by atoms with van der Waals surface area (Å²) in [7, 11) is 0. The van der Waals surface area contributed by atoms with Crippen molar-refractivity contribution < 1.29 is 9.53 Å². The van der Waals surface area contributed by atoms with Gasteiger partial charge in [-0.15, -0.1) is 0 Å². The number of ether oxygens (including phenoxy) is 1. The molecule has 3 fully saturated rings. The van der Waals surface area contributed by atoms with E-state index in [-0.39, 0.29) is 5.91 Å². The van der Waals surface area contributed by atoms with Gasteiger partial charge in [-0.2, -0.15) is 11.8 Å². The van der Waals surface area contributed by atoms with Crippen LogP contribution in [0.5, 0.6) is 0 Å². The van der Waals surface area contributed by atoms with Crippen LogP contribution in [-0.4, -0.2) is 72.1 Å². The fourth-order valence-electron chi connectivity index (χ4n) is 3.95. The zero-order chi connectivity index (χ0) is 17.1. The third kappa shape index (κ3) is 4.17. The van der Waals surface area contributed by atoms with Crippen LogP contribution in [0.2, 0.25) is 0 Å². The molecule has 5 nitrogen and oxygen atoms in total. The van der Waals surface area contributed by atoms with E-state index in [4.69, 9.17) is 4.74 Å². The number of hydrogen-bond acceptors (Lipinski definition) is 5. The number of dihydropyridines is 1. The highest BCUT2D eigenvalue weighted by Gasteiger charge is 2.29. The number of nitrogens with zero attached hydrogens (tertiary/aromatic N) is 2. The van der Waals surface area contributed by atoms with Crippen LogP contribution >= 0.6 is 11.8 Å². The van der Waals surface area contributed by atoms with E-state index in [9.17, 15) is 4.79 Å². The topological polar surface area (TPSA) is 44.8 Å². The fraction of sp³-hybridized carbons (Fsp3) is 0.737. The molecule has 0 bridgehead atoms. The average Bonchev–Trinajstić information content (AvgIpc) is 2.97. The SMILES string of the molecule is O=C(C1=CC=C(OC2CCSC2)NC1)N1CCCN(C2CCC2)CC1. The monoisotopic (exact) mass is 363 g/mol. The third-order valence-corrected chi connectivity index (χ3v) is 6.89. The van der Waals surface area contributed by atoms with Crippen LogP contribution in [0.25, 0.3) is 0 Å². The molecule has 0 aromatic rings. The molecule has 2 saturated heterocycles. The van der Waals surface area contributed by atoms with E-state index in [2.05, 4.69) is 10.2 Å². The molecule has 6 heteroatoms. The summed E-state index contributed by atoms with van der Waals surface area (Å²) >= 11 is 1.94. The molecule has 3 heterocycles. The van der Waals surface area contributed by atoms with Gasteiger partial charge in [0.1, 0.15) is 6.10 Å². The smallest absolute Gasteiger partial charge is 0.251 e. The number of carbonyl (C=O) groups excluding carboxylic acids is 1. The van der Waals surface area contributed by atoms with Crippen molar-refractivity contribution in [3.05, 3.63) is 23.6 Å². The van der Waals surface area contributed by atoms with Crippen LogP contribution < -0.4 is 5.32 Å². The maximum atomic E-state index is 12.8. The van der Waals surface area contributed by atoms with Crippen LogP contribution in [0.15, 0.2) is 23.6 Å². The van der Waals surface area contributed by atoms with Gasteiger partial charge < -0.3 is 15.0 Å². The second kappa shape index (κ2) is 8.04. The van der Waals surface area contributed by atoms with Gasteiger partial charge in [-0.1, -0.05) is 6.42 Å². The minimum absolute atomic E-state index is 0.190. The minimum atomic E-state index is 0.190. The molecule has 0 spiro atoms. The first-order chi connectivity index (χ1) is 12.3. The molecule has 4 rings (SSSR count). The van der Waals surface area contributed by atoms with Gasteiger partial charge in [0.15, 0.2) is 5.88 Å². The summed E-state index contributed by atoms with van der Waals surface area (Å²) in [6.07, 6.45) is 10.5. The summed E-state index contributed by atoms with van der Waals surface area (Å²) in [5, 5.41) is 3.28. The molecule has 0 radical (unpaired) electrons. The van der Waals surface area contributed by atoms with E-state index < -0.39 is 0 Å². The lowest BCUT2D eigenvalue weighted by molar-refractivity contribution is -0.127. The normalized spacial score (nSPS) is 28.5. The number of nitrogens with one attached hydrogen (secondary N) is 1. The Morgan fingerprint density at radius 1 is 1.12 bits per heavy atom. The molecule has 1 saturated carbocycles. The number of rotatable bonds is 4.